The Balaban J connectivity index is 1.69. The van der Waals surface area contributed by atoms with Crippen LogP contribution in [0.25, 0.3) is 0 Å². The maximum Gasteiger partial charge on any atom is 0.263 e. The van der Waals surface area contributed by atoms with Crippen LogP contribution in [0.4, 0.5) is 0 Å². The predicted octanol–water partition coefficient (Wildman–Crippen LogP) is 3.20. The van der Waals surface area contributed by atoms with Crippen LogP contribution in [0.2, 0.25) is 0 Å². The van der Waals surface area contributed by atoms with Crippen molar-refractivity contribution in [1.82, 2.24) is 10.2 Å². The number of hydrogen-bond donors (Lipinski definition) is 1. The molecule has 128 valence electrons. The molecule has 0 spiro atoms. The molecule has 1 aromatic rings. The lowest BCUT2D eigenvalue weighted by atomic mass is 9.65. The summed E-state index contributed by atoms with van der Waals surface area (Å²) in [4.78, 5) is 14.5. The largest absolute Gasteiger partial charge is 0.467 e. The van der Waals surface area contributed by atoms with Crippen LogP contribution in [0.1, 0.15) is 45.8 Å². The first kappa shape index (κ1) is 16.6. The minimum atomic E-state index is -0.347. The molecule has 1 aliphatic carbocycles. The van der Waals surface area contributed by atoms with Gasteiger partial charge in [0.05, 0.1) is 12.8 Å². The second-order valence-electron chi connectivity index (χ2n) is 8.30. The van der Waals surface area contributed by atoms with Gasteiger partial charge in [0.1, 0.15) is 17.4 Å². The van der Waals surface area contributed by atoms with E-state index in [1.54, 1.807) is 24.6 Å². The number of hydrogen-bond acceptors (Lipinski definition) is 4. The van der Waals surface area contributed by atoms with Crippen molar-refractivity contribution in [2.24, 2.45) is 10.8 Å². The number of likely N-dealkylation sites (tertiary alicyclic amines) is 1. The summed E-state index contributed by atoms with van der Waals surface area (Å²) in [6, 6.07) is 6.03. The minimum Gasteiger partial charge on any atom is -0.467 e. The average Bonchev–Trinajstić information content (AvgIpc) is 3.07. The van der Waals surface area contributed by atoms with Crippen LogP contribution in [0.5, 0.6) is 0 Å². The van der Waals surface area contributed by atoms with E-state index in [0.717, 1.165) is 19.4 Å². The summed E-state index contributed by atoms with van der Waals surface area (Å²) in [6.07, 6.45) is 6.75. The van der Waals surface area contributed by atoms with Gasteiger partial charge in [-0.05, 0) is 42.2 Å². The fraction of sp³-hybridized carbons (Fsp3) is 0.579. The van der Waals surface area contributed by atoms with Gasteiger partial charge in [-0.1, -0.05) is 20.8 Å². The standard InChI is InChI=1S/C19H25N3O2/c1-18(2)7-15-8-19(3,12-18)13-22(15)11-14(9-20)17(23)21-10-16-5-4-6-24-16/h4-6,11,15H,7-8,10,12-13H2,1-3H3,(H,21,23)/b14-11-. The first-order valence-electron chi connectivity index (χ1n) is 8.49. The Bertz CT molecular complexity index is 684. The molecule has 1 saturated carbocycles. The Morgan fingerprint density at radius 3 is 2.96 bits per heavy atom. The lowest BCUT2D eigenvalue weighted by Crippen LogP contribution is -2.34. The van der Waals surface area contributed by atoms with Crippen molar-refractivity contribution in [2.75, 3.05) is 6.54 Å². The molecule has 5 heteroatoms. The van der Waals surface area contributed by atoms with Crippen LogP contribution < -0.4 is 5.32 Å². The van der Waals surface area contributed by atoms with Crippen LogP contribution in [-0.4, -0.2) is 23.4 Å². The molecule has 2 heterocycles. The summed E-state index contributed by atoms with van der Waals surface area (Å²) in [5.74, 6) is 0.326. The van der Waals surface area contributed by atoms with Crippen LogP contribution in [0.3, 0.4) is 0 Å². The van der Waals surface area contributed by atoms with Gasteiger partial charge in [-0.3, -0.25) is 4.79 Å². The number of rotatable bonds is 4. The Morgan fingerprint density at radius 2 is 2.29 bits per heavy atom. The smallest absolute Gasteiger partial charge is 0.263 e. The lowest BCUT2D eigenvalue weighted by Gasteiger charge is -2.39. The molecule has 24 heavy (non-hydrogen) atoms. The van der Waals surface area contributed by atoms with E-state index in [9.17, 15) is 10.1 Å². The highest BCUT2D eigenvalue weighted by Crippen LogP contribution is 2.52. The quantitative estimate of drug-likeness (QED) is 0.681. The zero-order chi connectivity index (χ0) is 17.4. The zero-order valence-electron chi connectivity index (χ0n) is 14.6. The van der Waals surface area contributed by atoms with Crippen molar-refractivity contribution in [3.63, 3.8) is 0 Å². The number of furan rings is 1. The molecular formula is C19H25N3O2. The summed E-state index contributed by atoms with van der Waals surface area (Å²) < 4.78 is 5.20. The van der Waals surface area contributed by atoms with E-state index in [1.165, 1.54) is 6.42 Å². The molecule has 2 atom stereocenters. The molecule has 1 aromatic heterocycles. The van der Waals surface area contributed by atoms with E-state index in [4.69, 9.17) is 4.42 Å². The van der Waals surface area contributed by atoms with Gasteiger partial charge in [0, 0.05) is 18.8 Å². The first-order valence-corrected chi connectivity index (χ1v) is 8.49. The van der Waals surface area contributed by atoms with Gasteiger partial charge in [-0.25, -0.2) is 0 Å². The first-order chi connectivity index (χ1) is 11.3. The highest BCUT2D eigenvalue weighted by atomic mass is 16.3. The van der Waals surface area contributed by atoms with Crippen molar-refractivity contribution in [3.8, 4) is 6.07 Å². The van der Waals surface area contributed by atoms with E-state index in [2.05, 4.69) is 31.0 Å². The van der Waals surface area contributed by atoms with Crippen LogP contribution in [0.15, 0.2) is 34.6 Å². The second kappa shape index (κ2) is 6.01. The summed E-state index contributed by atoms with van der Waals surface area (Å²) in [5, 5.41) is 12.1. The number of amides is 1. The molecule has 1 amide bonds. The average molecular weight is 327 g/mol. The van der Waals surface area contributed by atoms with Crippen molar-refractivity contribution >= 4 is 5.91 Å². The monoisotopic (exact) mass is 327 g/mol. The number of carbonyl (C=O) groups is 1. The number of carbonyl (C=O) groups excluding carboxylic acids is 1. The van der Waals surface area contributed by atoms with E-state index < -0.39 is 0 Å². The normalized spacial score (nSPS) is 28.5. The molecular weight excluding hydrogens is 302 g/mol. The lowest BCUT2D eigenvalue weighted by molar-refractivity contribution is -0.117. The van der Waals surface area contributed by atoms with Crippen LogP contribution >= 0.6 is 0 Å². The SMILES string of the molecule is CC1(C)CC2CC(C)(CN2/C=C(/C#N)C(=O)NCc2ccco2)C1. The van der Waals surface area contributed by atoms with Gasteiger partial charge in [0.2, 0.25) is 0 Å². The third-order valence-corrected chi connectivity index (χ3v) is 5.12. The maximum atomic E-state index is 12.3. The van der Waals surface area contributed by atoms with E-state index in [0.29, 0.717) is 23.8 Å². The van der Waals surface area contributed by atoms with Gasteiger partial charge in [-0.15, -0.1) is 0 Å². The molecule has 1 N–H and O–H groups in total. The Labute approximate surface area is 143 Å². The molecule has 1 aliphatic heterocycles. The molecule has 3 rings (SSSR count). The minimum absolute atomic E-state index is 0.163. The van der Waals surface area contributed by atoms with Gasteiger partial charge < -0.3 is 14.6 Å². The third kappa shape index (κ3) is 3.48. The third-order valence-electron chi connectivity index (χ3n) is 5.12. The molecule has 0 radical (unpaired) electrons. The fourth-order valence-electron chi connectivity index (χ4n) is 4.63. The summed E-state index contributed by atoms with van der Waals surface area (Å²) in [5.41, 5.74) is 0.749. The Morgan fingerprint density at radius 1 is 1.50 bits per heavy atom. The van der Waals surface area contributed by atoms with E-state index in [1.807, 2.05) is 6.07 Å². The number of nitrogens with zero attached hydrogens (tertiary/aromatic N) is 2. The number of nitrogens with one attached hydrogen (secondary N) is 1. The molecule has 5 nitrogen and oxygen atoms in total. The van der Waals surface area contributed by atoms with Crippen molar-refractivity contribution in [1.29, 1.82) is 5.26 Å². The summed E-state index contributed by atoms with van der Waals surface area (Å²) >= 11 is 0. The highest BCUT2D eigenvalue weighted by Gasteiger charge is 2.48. The van der Waals surface area contributed by atoms with Crippen LogP contribution in [-0.2, 0) is 11.3 Å². The maximum absolute atomic E-state index is 12.3. The highest BCUT2D eigenvalue weighted by molar-refractivity contribution is 5.97. The van der Waals surface area contributed by atoms with Crippen molar-refractivity contribution in [3.05, 3.63) is 35.9 Å². The Kier molecular flexibility index (Phi) is 4.16. The van der Waals surface area contributed by atoms with E-state index in [-0.39, 0.29) is 16.9 Å². The van der Waals surface area contributed by atoms with Crippen LogP contribution in [0, 0.1) is 22.2 Å². The Hall–Kier alpha value is -2.22. The van der Waals surface area contributed by atoms with Gasteiger partial charge >= 0.3 is 0 Å². The predicted molar refractivity (Wildman–Crippen MR) is 90.5 cm³/mol. The zero-order valence-corrected chi connectivity index (χ0v) is 14.6. The molecule has 2 unspecified atom stereocenters. The van der Waals surface area contributed by atoms with Crippen molar-refractivity contribution in [2.45, 2.75) is 52.6 Å². The second-order valence-corrected chi connectivity index (χ2v) is 8.30. The van der Waals surface area contributed by atoms with Crippen molar-refractivity contribution < 1.29 is 9.21 Å². The fourth-order valence-corrected chi connectivity index (χ4v) is 4.63. The van der Waals surface area contributed by atoms with Gasteiger partial charge in [-0.2, -0.15) is 5.26 Å². The molecule has 1 saturated heterocycles. The van der Waals surface area contributed by atoms with Gasteiger partial charge in [0.25, 0.3) is 5.91 Å². The molecule has 0 aromatic carbocycles. The number of fused-ring (bicyclic) bond motifs is 2. The van der Waals surface area contributed by atoms with E-state index >= 15 is 0 Å². The number of nitriles is 1. The summed E-state index contributed by atoms with van der Waals surface area (Å²) in [7, 11) is 0. The molecule has 2 aliphatic rings. The topological polar surface area (TPSA) is 69.3 Å². The van der Waals surface area contributed by atoms with Gasteiger partial charge in [0.15, 0.2) is 0 Å². The molecule has 2 bridgehead atoms. The summed E-state index contributed by atoms with van der Waals surface area (Å²) in [6.45, 7) is 8.15. The molecule has 2 fully saturated rings.